The highest BCUT2D eigenvalue weighted by molar-refractivity contribution is 5.78. The van der Waals surface area contributed by atoms with Crippen LogP contribution >= 0.6 is 0 Å². The van der Waals surface area contributed by atoms with E-state index < -0.39 is 0 Å². The maximum absolute atomic E-state index is 12.6. The van der Waals surface area contributed by atoms with Gasteiger partial charge in [0.15, 0.2) is 0 Å². The summed E-state index contributed by atoms with van der Waals surface area (Å²) in [4.78, 5) is 19.2. The molecule has 1 saturated heterocycles. The Kier molecular flexibility index (Phi) is 7.43. The first-order chi connectivity index (χ1) is 13.2. The van der Waals surface area contributed by atoms with Crippen LogP contribution in [-0.4, -0.2) is 66.9 Å². The largest absolute Gasteiger partial charge is 0.339 e. The van der Waals surface area contributed by atoms with Gasteiger partial charge in [0.2, 0.25) is 5.91 Å². The monoisotopic (exact) mass is 365 g/mol. The van der Waals surface area contributed by atoms with Crippen LogP contribution in [-0.2, 0) is 17.8 Å². The van der Waals surface area contributed by atoms with Crippen molar-refractivity contribution in [2.45, 2.75) is 19.4 Å². The molecule has 0 atom stereocenters. The summed E-state index contributed by atoms with van der Waals surface area (Å²) in [6.45, 7) is 6.04. The molecular formula is C23H31N3O. The topological polar surface area (TPSA) is 26.8 Å². The van der Waals surface area contributed by atoms with Crippen molar-refractivity contribution in [3.63, 3.8) is 0 Å². The van der Waals surface area contributed by atoms with E-state index in [1.807, 2.05) is 11.0 Å². The third kappa shape index (κ3) is 6.49. The number of hydrogen-bond acceptors (Lipinski definition) is 3. The second-order valence-electron chi connectivity index (χ2n) is 7.47. The van der Waals surface area contributed by atoms with Gasteiger partial charge in [-0.3, -0.25) is 14.6 Å². The summed E-state index contributed by atoms with van der Waals surface area (Å²) in [6.07, 6.45) is 2.15. The molecule has 0 saturated carbocycles. The van der Waals surface area contributed by atoms with Crippen molar-refractivity contribution in [3.8, 4) is 0 Å². The Morgan fingerprint density at radius 2 is 1.48 bits per heavy atom. The highest BCUT2D eigenvalue weighted by Gasteiger charge is 2.21. The van der Waals surface area contributed by atoms with Gasteiger partial charge in [-0.15, -0.1) is 0 Å². The van der Waals surface area contributed by atoms with E-state index in [1.165, 1.54) is 11.1 Å². The molecule has 1 heterocycles. The molecule has 1 aliphatic heterocycles. The lowest BCUT2D eigenvalue weighted by molar-refractivity contribution is -0.133. The molecule has 1 fully saturated rings. The van der Waals surface area contributed by atoms with E-state index in [0.717, 1.165) is 52.1 Å². The second-order valence-corrected chi connectivity index (χ2v) is 7.47. The van der Waals surface area contributed by atoms with Crippen LogP contribution < -0.4 is 0 Å². The van der Waals surface area contributed by atoms with Gasteiger partial charge in [0.25, 0.3) is 0 Å². The molecule has 0 N–H and O–H groups in total. The van der Waals surface area contributed by atoms with E-state index in [0.29, 0.717) is 6.54 Å². The SMILES string of the molecule is CN(CCCc1ccccc1)CC(=O)N1CCN(Cc2ccccc2)CC1. The van der Waals surface area contributed by atoms with E-state index in [-0.39, 0.29) is 5.91 Å². The summed E-state index contributed by atoms with van der Waals surface area (Å²) in [7, 11) is 2.05. The van der Waals surface area contributed by atoms with E-state index in [4.69, 9.17) is 0 Å². The first-order valence-corrected chi connectivity index (χ1v) is 9.97. The van der Waals surface area contributed by atoms with Crippen molar-refractivity contribution in [2.24, 2.45) is 0 Å². The lowest BCUT2D eigenvalue weighted by Gasteiger charge is -2.35. The molecule has 4 nitrogen and oxygen atoms in total. The first-order valence-electron chi connectivity index (χ1n) is 9.97. The smallest absolute Gasteiger partial charge is 0.236 e. The number of piperazine rings is 1. The van der Waals surface area contributed by atoms with Crippen molar-refractivity contribution in [2.75, 3.05) is 46.3 Å². The van der Waals surface area contributed by atoms with Gasteiger partial charge in [0.1, 0.15) is 0 Å². The first kappa shape index (κ1) is 19.6. The van der Waals surface area contributed by atoms with Gasteiger partial charge in [0, 0.05) is 32.7 Å². The number of aryl methyl sites for hydroxylation is 1. The molecule has 2 aromatic rings. The number of amides is 1. The van der Waals surface area contributed by atoms with E-state index in [2.05, 4.69) is 71.4 Å². The Bertz CT molecular complexity index is 681. The van der Waals surface area contributed by atoms with Crippen LogP contribution in [0.2, 0.25) is 0 Å². The fourth-order valence-corrected chi connectivity index (χ4v) is 3.60. The third-order valence-electron chi connectivity index (χ3n) is 5.23. The standard InChI is InChI=1S/C23H31N3O/c1-24(14-8-13-21-9-4-2-5-10-21)20-23(27)26-17-15-25(16-18-26)19-22-11-6-3-7-12-22/h2-7,9-12H,8,13-20H2,1H3. The Balaban J connectivity index is 1.34. The van der Waals surface area contributed by atoms with Crippen molar-refractivity contribution in [1.82, 2.24) is 14.7 Å². The molecule has 0 unspecified atom stereocenters. The molecule has 27 heavy (non-hydrogen) atoms. The minimum Gasteiger partial charge on any atom is -0.339 e. The number of benzene rings is 2. The molecule has 2 aromatic carbocycles. The predicted octanol–water partition coefficient (Wildman–Crippen LogP) is 2.90. The summed E-state index contributed by atoms with van der Waals surface area (Å²) in [5.41, 5.74) is 2.71. The molecule has 0 spiro atoms. The van der Waals surface area contributed by atoms with Crippen LogP contribution in [0.25, 0.3) is 0 Å². The zero-order valence-corrected chi connectivity index (χ0v) is 16.4. The maximum atomic E-state index is 12.6. The fraction of sp³-hybridized carbons (Fsp3) is 0.435. The fourth-order valence-electron chi connectivity index (χ4n) is 3.60. The van der Waals surface area contributed by atoms with Gasteiger partial charge in [-0.1, -0.05) is 60.7 Å². The predicted molar refractivity (Wildman–Crippen MR) is 111 cm³/mol. The number of carbonyl (C=O) groups excluding carboxylic acids is 1. The van der Waals surface area contributed by atoms with Gasteiger partial charge in [-0.05, 0) is 37.6 Å². The minimum absolute atomic E-state index is 0.261. The Hall–Kier alpha value is -2.17. The lowest BCUT2D eigenvalue weighted by Crippen LogP contribution is -2.50. The molecular weight excluding hydrogens is 334 g/mol. The van der Waals surface area contributed by atoms with Crippen LogP contribution in [0.1, 0.15) is 17.5 Å². The second kappa shape index (κ2) is 10.2. The van der Waals surface area contributed by atoms with Gasteiger partial charge in [-0.25, -0.2) is 0 Å². The van der Waals surface area contributed by atoms with Gasteiger partial charge in [0.05, 0.1) is 6.54 Å². The third-order valence-corrected chi connectivity index (χ3v) is 5.23. The van der Waals surface area contributed by atoms with Crippen LogP contribution in [0, 0.1) is 0 Å². The molecule has 144 valence electrons. The highest BCUT2D eigenvalue weighted by Crippen LogP contribution is 2.09. The molecule has 0 aliphatic carbocycles. The van der Waals surface area contributed by atoms with Crippen molar-refractivity contribution >= 4 is 5.91 Å². The van der Waals surface area contributed by atoms with Crippen molar-refractivity contribution in [1.29, 1.82) is 0 Å². The normalized spacial score (nSPS) is 15.3. The molecule has 4 heteroatoms. The number of likely N-dealkylation sites (N-methyl/N-ethyl adjacent to an activating group) is 1. The quantitative estimate of drug-likeness (QED) is 0.720. The summed E-state index contributed by atoms with van der Waals surface area (Å²) in [6, 6.07) is 21.1. The molecule has 1 amide bonds. The molecule has 0 aromatic heterocycles. The van der Waals surface area contributed by atoms with E-state index >= 15 is 0 Å². The van der Waals surface area contributed by atoms with Crippen LogP contribution in [0.3, 0.4) is 0 Å². The van der Waals surface area contributed by atoms with Gasteiger partial charge in [-0.2, -0.15) is 0 Å². The maximum Gasteiger partial charge on any atom is 0.236 e. The van der Waals surface area contributed by atoms with Gasteiger partial charge < -0.3 is 4.90 Å². The minimum atomic E-state index is 0.261. The number of rotatable bonds is 8. The summed E-state index contributed by atoms with van der Waals surface area (Å²) in [5, 5.41) is 0. The average molecular weight is 366 g/mol. The zero-order valence-electron chi connectivity index (χ0n) is 16.4. The highest BCUT2D eigenvalue weighted by atomic mass is 16.2. The van der Waals surface area contributed by atoms with Gasteiger partial charge >= 0.3 is 0 Å². The zero-order chi connectivity index (χ0) is 18.9. The number of nitrogens with zero attached hydrogens (tertiary/aromatic N) is 3. The Labute approximate surface area is 163 Å². The van der Waals surface area contributed by atoms with Crippen molar-refractivity contribution < 1.29 is 4.79 Å². The molecule has 0 bridgehead atoms. The molecule has 1 aliphatic rings. The van der Waals surface area contributed by atoms with E-state index in [1.54, 1.807) is 0 Å². The molecule has 0 radical (unpaired) electrons. The van der Waals surface area contributed by atoms with Crippen LogP contribution in [0.4, 0.5) is 0 Å². The average Bonchev–Trinajstić information content (AvgIpc) is 2.70. The number of hydrogen-bond donors (Lipinski definition) is 0. The Morgan fingerprint density at radius 3 is 2.11 bits per heavy atom. The summed E-state index contributed by atoms with van der Waals surface area (Å²) in [5.74, 6) is 0.261. The van der Waals surface area contributed by atoms with Crippen LogP contribution in [0.15, 0.2) is 60.7 Å². The van der Waals surface area contributed by atoms with Crippen LogP contribution in [0.5, 0.6) is 0 Å². The van der Waals surface area contributed by atoms with E-state index in [9.17, 15) is 4.79 Å². The van der Waals surface area contributed by atoms with Crippen molar-refractivity contribution in [3.05, 3.63) is 71.8 Å². The Morgan fingerprint density at radius 1 is 0.889 bits per heavy atom. The summed E-state index contributed by atoms with van der Waals surface area (Å²) < 4.78 is 0. The number of carbonyl (C=O) groups is 1. The lowest BCUT2D eigenvalue weighted by atomic mass is 10.1. The summed E-state index contributed by atoms with van der Waals surface area (Å²) >= 11 is 0. The molecule has 3 rings (SSSR count).